The first-order valence-corrected chi connectivity index (χ1v) is 8.73. The highest BCUT2D eigenvalue weighted by Gasteiger charge is 2.13. The first-order chi connectivity index (χ1) is 12.5. The van der Waals surface area contributed by atoms with Crippen LogP contribution < -0.4 is 10.6 Å². The summed E-state index contributed by atoms with van der Waals surface area (Å²) in [7, 11) is 0. The van der Waals surface area contributed by atoms with E-state index in [9.17, 15) is 9.59 Å². The summed E-state index contributed by atoms with van der Waals surface area (Å²) >= 11 is 5.99. The molecule has 4 nitrogen and oxygen atoms in total. The van der Waals surface area contributed by atoms with E-state index in [4.69, 9.17) is 11.6 Å². The summed E-state index contributed by atoms with van der Waals surface area (Å²) in [5.41, 5.74) is 1.36. The number of fused-ring (bicyclic) bond motifs is 1. The number of nitrogens with one attached hydrogen (secondary N) is 2. The summed E-state index contributed by atoms with van der Waals surface area (Å²) < 4.78 is 0. The van der Waals surface area contributed by atoms with Crippen LogP contribution in [0.3, 0.4) is 0 Å². The van der Waals surface area contributed by atoms with Crippen LogP contribution in [-0.4, -0.2) is 18.4 Å². The lowest BCUT2D eigenvalue weighted by Gasteiger charge is -2.15. The number of hydrogen-bond acceptors (Lipinski definition) is 2. The third kappa shape index (κ3) is 4.21. The van der Waals surface area contributed by atoms with Gasteiger partial charge in [-0.3, -0.25) is 9.59 Å². The molecule has 0 fully saturated rings. The second kappa shape index (κ2) is 8.02. The van der Waals surface area contributed by atoms with Crippen LogP contribution >= 0.6 is 11.6 Å². The Morgan fingerprint density at radius 1 is 0.962 bits per heavy atom. The summed E-state index contributed by atoms with van der Waals surface area (Å²) in [5, 5.41) is 8.12. The number of rotatable bonds is 5. The van der Waals surface area contributed by atoms with E-state index in [1.165, 1.54) is 0 Å². The fraction of sp³-hybridized carbons (Fsp3) is 0.143. The van der Waals surface area contributed by atoms with Gasteiger partial charge in [-0.15, -0.1) is 0 Å². The molecule has 0 aliphatic carbocycles. The molecule has 0 heterocycles. The summed E-state index contributed by atoms with van der Waals surface area (Å²) in [5.74, 6) is -0.629. The molecule has 0 saturated heterocycles. The predicted octanol–water partition coefficient (Wildman–Crippen LogP) is 4.10. The molecule has 0 aliphatic rings. The maximum absolute atomic E-state index is 12.2. The van der Waals surface area contributed by atoms with Crippen LogP contribution in [0.25, 0.3) is 10.8 Å². The van der Waals surface area contributed by atoms with Gasteiger partial charge in [0.1, 0.15) is 0 Å². The molecule has 2 amide bonds. The third-order valence-corrected chi connectivity index (χ3v) is 4.51. The number of halogens is 1. The van der Waals surface area contributed by atoms with Crippen molar-refractivity contribution in [3.8, 4) is 0 Å². The fourth-order valence-electron chi connectivity index (χ4n) is 2.75. The van der Waals surface area contributed by atoms with Crippen molar-refractivity contribution in [2.24, 2.45) is 0 Å². The lowest BCUT2D eigenvalue weighted by molar-refractivity contribution is -0.120. The van der Waals surface area contributed by atoms with Crippen molar-refractivity contribution in [2.45, 2.75) is 13.0 Å². The zero-order valence-electron chi connectivity index (χ0n) is 14.3. The Hall–Kier alpha value is -2.85. The van der Waals surface area contributed by atoms with Crippen LogP contribution in [0.15, 0.2) is 66.7 Å². The summed E-state index contributed by atoms with van der Waals surface area (Å²) in [6.45, 7) is 1.81. The quantitative estimate of drug-likeness (QED) is 0.714. The molecule has 0 aliphatic heterocycles. The average molecular weight is 367 g/mol. The van der Waals surface area contributed by atoms with Crippen molar-refractivity contribution in [2.75, 3.05) is 6.54 Å². The highest BCUT2D eigenvalue weighted by molar-refractivity contribution is 6.33. The minimum atomic E-state index is -0.371. The first-order valence-electron chi connectivity index (χ1n) is 8.35. The number of benzene rings is 3. The maximum Gasteiger partial charge on any atom is 0.253 e. The van der Waals surface area contributed by atoms with E-state index < -0.39 is 0 Å². The number of hydrogen-bond donors (Lipinski definition) is 2. The molecule has 0 bridgehead atoms. The topological polar surface area (TPSA) is 58.2 Å². The molecule has 0 radical (unpaired) electrons. The first kappa shape index (κ1) is 18.0. The molecule has 0 saturated carbocycles. The van der Waals surface area contributed by atoms with Gasteiger partial charge in [-0.2, -0.15) is 0 Å². The molecule has 26 heavy (non-hydrogen) atoms. The lowest BCUT2D eigenvalue weighted by Crippen LogP contribution is -2.38. The SMILES string of the molecule is C[C@@H](NC(=O)CNC(=O)c1ccccc1Cl)c1ccc2ccccc2c1. The number of carbonyl (C=O) groups is 2. The van der Waals surface area contributed by atoms with Crippen LogP contribution in [0.5, 0.6) is 0 Å². The Bertz CT molecular complexity index is 955. The van der Waals surface area contributed by atoms with E-state index >= 15 is 0 Å². The van der Waals surface area contributed by atoms with Crippen LogP contribution in [-0.2, 0) is 4.79 Å². The normalized spacial score (nSPS) is 11.8. The Kier molecular flexibility index (Phi) is 5.54. The van der Waals surface area contributed by atoms with Crippen molar-refractivity contribution in [1.29, 1.82) is 0 Å². The van der Waals surface area contributed by atoms with Gasteiger partial charge in [-0.05, 0) is 41.5 Å². The van der Waals surface area contributed by atoms with Crippen LogP contribution in [0, 0.1) is 0 Å². The summed E-state index contributed by atoms with van der Waals surface area (Å²) in [4.78, 5) is 24.2. The van der Waals surface area contributed by atoms with Crippen molar-refractivity contribution in [1.82, 2.24) is 10.6 Å². The average Bonchev–Trinajstić information content (AvgIpc) is 2.66. The smallest absolute Gasteiger partial charge is 0.253 e. The summed E-state index contributed by atoms with van der Waals surface area (Å²) in [6.07, 6.45) is 0. The van der Waals surface area contributed by atoms with E-state index in [0.29, 0.717) is 10.6 Å². The molecule has 0 spiro atoms. The molecule has 2 N–H and O–H groups in total. The van der Waals surface area contributed by atoms with E-state index in [0.717, 1.165) is 16.3 Å². The van der Waals surface area contributed by atoms with Gasteiger partial charge in [-0.1, -0.05) is 60.1 Å². The van der Waals surface area contributed by atoms with Crippen molar-refractivity contribution in [3.05, 3.63) is 82.9 Å². The Morgan fingerprint density at radius 3 is 2.42 bits per heavy atom. The zero-order chi connectivity index (χ0) is 18.5. The van der Waals surface area contributed by atoms with E-state index in [2.05, 4.69) is 16.7 Å². The van der Waals surface area contributed by atoms with Crippen molar-refractivity contribution in [3.63, 3.8) is 0 Å². The maximum atomic E-state index is 12.2. The Labute approximate surface area is 157 Å². The van der Waals surface area contributed by atoms with Crippen molar-refractivity contribution >= 4 is 34.2 Å². The fourth-order valence-corrected chi connectivity index (χ4v) is 2.98. The second-order valence-corrected chi connectivity index (χ2v) is 6.47. The van der Waals surface area contributed by atoms with Gasteiger partial charge in [-0.25, -0.2) is 0 Å². The lowest BCUT2D eigenvalue weighted by atomic mass is 10.0. The monoisotopic (exact) mass is 366 g/mol. The van der Waals surface area contributed by atoms with Crippen LogP contribution in [0.1, 0.15) is 28.9 Å². The van der Waals surface area contributed by atoms with E-state index in [1.807, 2.05) is 43.3 Å². The molecule has 132 valence electrons. The highest BCUT2D eigenvalue weighted by atomic mass is 35.5. The molecule has 3 rings (SSSR count). The molecule has 0 unspecified atom stereocenters. The van der Waals surface area contributed by atoms with Crippen LogP contribution in [0.4, 0.5) is 0 Å². The van der Waals surface area contributed by atoms with Gasteiger partial charge < -0.3 is 10.6 Å². The number of amides is 2. The largest absolute Gasteiger partial charge is 0.348 e. The van der Waals surface area contributed by atoms with E-state index in [-0.39, 0.29) is 24.4 Å². The van der Waals surface area contributed by atoms with Gasteiger partial charge in [0.2, 0.25) is 5.91 Å². The highest BCUT2D eigenvalue weighted by Crippen LogP contribution is 2.20. The third-order valence-electron chi connectivity index (χ3n) is 4.18. The molecule has 0 aromatic heterocycles. The predicted molar refractivity (Wildman–Crippen MR) is 104 cm³/mol. The zero-order valence-corrected chi connectivity index (χ0v) is 15.1. The molecule has 3 aromatic rings. The number of carbonyl (C=O) groups excluding carboxylic acids is 2. The summed E-state index contributed by atoms with van der Waals surface area (Å²) in [6, 6.07) is 20.7. The van der Waals surface area contributed by atoms with Gasteiger partial charge in [0.15, 0.2) is 0 Å². The van der Waals surface area contributed by atoms with Gasteiger partial charge >= 0.3 is 0 Å². The molecule has 5 heteroatoms. The standard InChI is InChI=1S/C21H19ClN2O2/c1-14(16-11-10-15-6-2-3-7-17(15)12-16)24-20(25)13-23-21(26)18-8-4-5-9-19(18)22/h2-12,14H,13H2,1H3,(H,23,26)(H,24,25)/t14-/m1/s1. The van der Waals surface area contributed by atoms with E-state index in [1.54, 1.807) is 24.3 Å². The van der Waals surface area contributed by atoms with Crippen LogP contribution in [0.2, 0.25) is 5.02 Å². The minimum Gasteiger partial charge on any atom is -0.348 e. The molecule has 1 atom stereocenters. The molecular formula is C21H19ClN2O2. The molecular weight excluding hydrogens is 348 g/mol. The van der Waals surface area contributed by atoms with Gasteiger partial charge in [0.25, 0.3) is 5.91 Å². The van der Waals surface area contributed by atoms with Crippen molar-refractivity contribution < 1.29 is 9.59 Å². The molecule has 3 aromatic carbocycles. The Balaban J connectivity index is 1.58. The minimum absolute atomic E-state index is 0.109. The Morgan fingerprint density at radius 2 is 1.65 bits per heavy atom. The second-order valence-electron chi connectivity index (χ2n) is 6.06. The van der Waals surface area contributed by atoms with Gasteiger partial charge in [0.05, 0.1) is 23.2 Å². The van der Waals surface area contributed by atoms with Gasteiger partial charge in [0, 0.05) is 0 Å².